The Morgan fingerprint density at radius 2 is 1.85 bits per heavy atom. The summed E-state index contributed by atoms with van der Waals surface area (Å²) in [4.78, 5) is 11.8. The lowest BCUT2D eigenvalue weighted by atomic mass is 10.1. The first-order valence-electron chi connectivity index (χ1n) is 6.61. The average Bonchev–Trinajstić information content (AvgIpc) is 3.17. The van der Waals surface area contributed by atoms with Crippen LogP contribution in [0, 0.1) is 0 Å². The monoisotopic (exact) mass is 286 g/mol. The van der Waals surface area contributed by atoms with Gasteiger partial charge in [-0.25, -0.2) is 0 Å². The molecule has 0 atom stereocenters. The van der Waals surface area contributed by atoms with Gasteiger partial charge < -0.3 is 10.6 Å². The average molecular weight is 286 g/mol. The minimum atomic E-state index is -4.38. The summed E-state index contributed by atoms with van der Waals surface area (Å²) in [5.41, 5.74) is -0.925. The van der Waals surface area contributed by atoms with E-state index in [9.17, 15) is 18.0 Å². The minimum absolute atomic E-state index is 0.0433. The van der Waals surface area contributed by atoms with Gasteiger partial charge >= 0.3 is 6.18 Å². The van der Waals surface area contributed by atoms with Crippen LogP contribution in [0.15, 0.2) is 24.3 Å². The number of hydrogen-bond donors (Lipinski definition) is 2. The number of hydrogen-bond acceptors (Lipinski definition) is 2. The third-order valence-corrected chi connectivity index (χ3v) is 3.37. The Morgan fingerprint density at radius 1 is 1.25 bits per heavy atom. The van der Waals surface area contributed by atoms with Gasteiger partial charge in [0.15, 0.2) is 0 Å². The molecule has 1 saturated carbocycles. The molecule has 2 rings (SSSR count). The van der Waals surface area contributed by atoms with E-state index < -0.39 is 17.6 Å². The molecule has 1 fully saturated rings. The van der Waals surface area contributed by atoms with Gasteiger partial charge in [-0.05, 0) is 43.5 Å². The molecular formula is C14H17F3N2O. The summed E-state index contributed by atoms with van der Waals surface area (Å²) in [6, 6.07) is 6.44. The molecule has 0 saturated heterocycles. The zero-order chi connectivity index (χ0) is 14.8. The fourth-order valence-corrected chi connectivity index (χ4v) is 1.90. The smallest absolute Gasteiger partial charge is 0.385 e. The van der Waals surface area contributed by atoms with Crippen LogP contribution in [0.4, 0.5) is 18.9 Å². The highest BCUT2D eigenvalue weighted by atomic mass is 19.4. The molecule has 0 heterocycles. The van der Waals surface area contributed by atoms with Gasteiger partial charge in [-0.1, -0.05) is 6.92 Å². The van der Waals surface area contributed by atoms with E-state index in [4.69, 9.17) is 0 Å². The lowest BCUT2D eigenvalue weighted by Gasteiger charge is -2.20. The normalized spacial score (nSPS) is 16.6. The van der Waals surface area contributed by atoms with Crippen LogP contribution >= 0.6 is 0 Å². The molecule has 3 nitrogen and oxygen atoms in total. The summed E-state index contributed by atoms with van der Waals surface area (Å²) in [6.07, 6.45) is -3.50. The molecule has 110 valence electrons. The third-order valence-electron chi connectivity index (χ3n) is 3.37. The molecule has 6 heteroatoms. The number of rotatable bonds is 5. The standard InChI is InChI=1S/C14H17F3N2O/c1-2-9-18-11-5-3-10(4-6-11)12(20)19-13(7-8-13)14(15,16)17/h3-6,18H,2,7-9H2,1H3,(H,19,20). The van der Waals surface area contributed by atoms with Crippen molar-refractivity contribution in [1.82, 2.24) is 5.32 Å². The second kappa shape index (κ2) is 5.34. The van der Waals surface area contributed by atoms with Crippen molar-refractivity contribution in [3.8, 4) is 0 Å². The predicted molar refractivity (Wildman–Crippen MR) is 70.7 cm³/mol. The van der Waals surface area contributed by atoms with Crippen molar-refractivity contribution in [2.24, 2.45) is 0 Å². The fraction of sp³-hybridized carbons (Fsp3) is 0.500. The molecule has 1 aliphatic carbocycles. The number of carbonyl (C=O) groups is 1. The highest BCUT2D eigenvalue weighted by molar-refractivity contribution is 5.95. The van der Waals surface area contributed by atoms with E-state index in [1.165, 1.54) is 12.1 Å². The lowest BCUT2D eigenvalue weighted by molar-refractivity contribution is -0.163. The summed E-state index contributed by atoms with van der Waals surface area (Å²) in [6.45, 7) is 2.84. The minimum Gasteiger partial charge on any atom is -0.385 e. The Labute approximate surface area is 115 Å². The van der Waals surface area contributed by atoms with Crippen molar-refractivity contribution in [3.05, 3.63) is 29.8 Å². The number of nitrogens with one attached hydrogen (secondary N) is 2. The van der Waals surface area contributed by atoms with Crippen LogP contribution in [-0.4, -0.2) is 24.2 Å². The van der Waals surface area contributed by atoms with E-state index in [1.807, 2.05) is 6.92 Å². The number of amides is 1. The molecule has 1 aliphatic rings. The molecule has 0 aromatic heterocycles. The highest BCUT2D eigenvalue weighted by Gasteiger charge is 2.64. The highest BCUT2D eigenvalue weighted by Crippen LogP contribution is 2.49. The molecule has 1 aromatic carbocycles. The fourth-order valence-electron chi connectivity index (χ4n) is 1.90. The molecule has 2 N–H and O–H groups in total. The molecule has 0 unspecified atom stereocenters. The first-order valence-corrected chi connectivity index (χ1v) is 6.61. The van der Waals surface area contributed by atoms with E-state index >= 15 is 0 Å². The van der Waals surface area contributed by atoms with Crippen molar-refractivity contribution >= 4 is 11.6 Å². The SMILES string of the molecule is CCCNc1ccc(C(=O)NC2(C(F)(F)F)CC2)cc1. The van der Waals surface area contributed by atoms with Crippen LogP contribution in [0.5, 0.6) is 0 Å². The molecule has 0 radical (unpaired) electrons. The molecule has 0 spiro atoms. The van der Waals surface area contributed by atoms with Crippen molar-refractivity contribution in [3.63, 3.8) is 0 Å². The van der Waals surface area contributed by atoms with E-state index in [-0.39, 0.29) is 18.4 Å². The summed E-state index contributed by atoms with van der Waals surface area (Å²) in [5, 5.41) is 5.24. The predicted octanol–water partition coefficient (Wildman–Crippen LogP) is 3.33. The van der Waals surface area contributed by atoms with Crippen molar-refractivity contribution in [2.75, 3.05) is 11.9 Å². The number of alkyl halides is 3. The molecule has 1 aromatic rings. The van der Waals surface area contributed by atoms with Gasteiger partial charge in [-0.15, -0.1) is 0 Å². The Balaban J connectivity index is 2.00. The zero-order valence-corrected chi connectivity index (χ0v) is 11.2. The molecule has 20 heavy (non-hydrogen) atoms. The lowest BCUT2D eigenvalue weighted by Crippen LogP contribution is -2.47. The summed E-state index contributed by atoms with van der Waals surface area (Å²) < 4.78 is 38.3. The van der Waals surface area contributed by atoms with Gasteiger partial charge in [-0.2, -0.15) is 13.2 Å². The van der Waals surface area contributed by atoms with Gasteiger partial charge in [0.1, 0.15) is 5.54 Å². The van der Waals surface area contributed by atoms with E-state index in [1.54, 1.807) is 12.1 Å². The first-order chi connectivity index (χ1) is 9.38. The summed E-state index contributed by atoms with van der Waals surface area (Å²) >= 11 is 0. The number of halogens is 3. The van der Waals surface area contributed by atoms with E-state index in [0.717, 1.165) is 18.7 Å². The maximum atomic E-state index is 12.8. The van der Waals surface area contributed by atoms with Gasteiger partial charge in [0.25, 0.3) is 5.91 Å². The van der Waals surface area contributed by atoms with Crippen LogP contribution in [0.1, 0.15) is 36.5 Å². The van der Waals surface area contributed by atoms with Gasteiger partial charge in [-0.3, -0.25) is 4.79 Å². The maximum absolute atomic E-state index is 12.8. The van der Waals surface area contributed by atoms with Crippen LogP contribution < -0.4 is 10.6 Å². The first kappa shape index (κ1) is 14.7. The van der Waals surface area contributed by atoms with Crippen molar-refractivity contribution < 1.29 is 18.0 Å². The molecule has 0 aliphatic heterocycles. The van der Waals surface area contributed by atoms with Crippen molar-refractivity contribution in [2.45, 2.75) is 37.9 Å². The zero-order valence-electron chi connectivity index (χ0n) is 11.2. The number of anilines is 1. The van der Waals surface area contributed by atoms with E-state index in [2.05, 4.69) is 10.6 Å². The maximum Gasteiger partial charge on any atom is 0.411 e. The molecule has 0 bridgehead atoms. The molecule has 1 amide bonds. The largest absolute Gasteiger partial charge is 0.411 e. The topological polar surface area (TPSA) is 41.1 Å². The Bertz CT molecular complexity index is 478. The number of carbonyl (C=O) groups excluding carboxylic acids is 1. The summed E-state index contributed by atoms with van der Waals surface area (Å²) in [5.74, 6) is -0.679. The van der Waals surface area contributed by atoms with Crippen LogP contribution in [0.25, 0.3) is 0 Å². The molecular weight excluding hydrogens is 269 g/mol. The van der Waals surface area contributed by atoms with Crippen LogP contribution in [0.3, 0.4) is 0 Å². The summed E-state index contributed by atoms with van der Waals surface area (Å²) in [7, 11) is 0. The number of benzene rings is 1. The van der Waals surface area contributed by atoms with Crippen LogP contribution in [-0.2, 0) is 0 Å². The van der Waals surface area contributed by atoms with Gasteiger partial charge in [0, 0.05) is 17.8 Å². The van der Waals surface area contributed by atoms with Gasteiger partial charge in [0.05, 0.1) is 0 Å². The second-order valence-corrected chi connectivity index (χ2v) is 5.04. The van der Waals surface area contributed by atoms with Gasteiger partial charge in [0.2, 0.25) is 0 Å². The Kier molecular flexibility index (Phi) is 3.92. The van der Waals surface area contributed by atoms with Crippen molar-refractivity contribution in [1.29, 1.82) is 0 Å². The van der Waals surface area contributed by atoms with E-state index in [0.29, 0.717) is 0 Å². The quantitative estimate of drug-likeness (QED) is 0.871. The second-order valence-electron chi connectivity index (χ2n) is 5.04. The third kappa shape index (κ3) is 3.05. The Hall–Kier alpha value is -1.72. The van der Waals surface area contributed by atoms with Crippen LogP contribution in [0.2, 0.25) is 0 Å². The Morgan fingerprint density at radius 3 is 2.30 bits per heavy atom.